The fourth-order valence-electron chi connectivity index (χ4n) is 3.52. The van der Waals surface area contributed by atoms with Crippen molar-refractivity contribution in [1.29, 1.82) is 0 Å². The number of carbonyl (C=O) groups is 1. The van der Waals surface area contributed by atoms with E-state index in [1.54, 1.807) is 7.11 Å². The van der Waals surface area contributed by atoms with Gasteiger partial charge in [0.25, 0.3) is 0 Å². The highest BCUT2D eigenvalue weighted by molar-refractivity contribution is 5.67. The molecular weight excluding hydrogens is 364 g/mol. The normalized spacial score (nSPS) is 12.1. The lowest BCUT2D eigenvalue weighted by Gasteiger charge is -2.15. The summed E-state index contributed by atoms with van der Waals surface area (Å²) >= 11 is 0. The smallest absolute Gasteiger partial charge is 0.407 e. The highest BCUT2D eigenvalue weighted by atomic mass is 16.6. The van der Waals surface area contributed by atoms with Crippen LogP contribution in [0.25, 0.3) is 0 Å². The molecule has 0 spiro atoms. The summed E-state index contributed by atoms with van der Waals surface area (Å²) in [5.41, 5.74) is 0. The van der Waals surface area contributed by atoms with Gasteiger partial charge in [-0.3, -0.25) is 0 Å². The van der Waals surface area contributed by atoms with Crippen LogP contribution < -0.4 is 10.6 Å². The van der Waals surface area contributed by atoms with Crippen LogP contribution in [0, 0.1) is 0 Å². The molecule has 0 aromatic heterocycles. The van der Waals surface area contributed by atoms with E-state index >= 15 is 0 Å². The fourth-order valence-corrected chi connectivity index (χ4v) is 3.52. The molecular formula is C24H50N2O3. The van der Waals surface area contributed by atoms with Crippen molar-refractivity contribution < 1.29 is 14.3 Å². The van der Waals surface area contributed by atoms with Crippen LogP contribution in [0.4, 0.5) is 4.79 Å². The van der Waals surface area contributed by atoms with Gasteiger partial charge in [-0.05, 0) is 13.5 Å². The predicted octanol–water partition coefficient (Wildman–Crippen LogP) is 6.21. The number of hydrogen-bond donors (Lipinski definition) is 2. The molecule has 5 nitrogen and oxygen atoms in total. The first-order valence-electron chi connectivity index (χ1n) is 12.3. The summed E-state index contributed by atoms with van der Waals surface area (Å²) in [6, 6.07) is 0. The van der Waals surface area contributed by atoms with Crippen LogP contribution in [0.5, 0.6) is 0 Å². The summed E-state index contributed by atoms with van der Waals surface area (Å²) in [5, 5.41) is 5.83. The third-order valence-electron chi connectivity index (χ3n) is 5.47. The first kappa shape index (κ1) is 28.2. The first-order valence-corrected chi connectivity index (χ1v) is 12.3. The number of alkyl carbamates (subject to hydrolysis) is 1. The Morgan fingerprint density at radius 1 is 0.759 bits per heavy atom. The van der Waals surface area contributed by atoms with Crippen LogP contribution in [0.15, 0.2) is 0 Å². The van der Waals surface area contributed by atoms with Crippen molar-refractivity contribution in [2.24, 2.45) is 0 Å². The molecule has 0 bridgehead atoms. The molecule has 29 heavy (non-hydrogen) atoms. The summed E-state index contributed by atoms with van der Waals surface area (Å²) in [4.78, 5) is 11.6. The van der Waals surface area contributed by atoms with Gasteiger partial charge in [-0.25, -0.2) is 4.79 Å². The van der Waals surface area contributed by atoms with E-state index in [1.807, 2.05) is 7.05 Å². The van der Waals surface area contributed by atoms with E-state index in [2.05, 4.69) is 17.6 Å². The first-order chi connectivity index (χ1) is 14.2. The van der Waals surface area contributed by atoms with Gasteiger partial charge in [0.15, 0.2) is 0 Å². The summed E-state index contributed by atoms with van der Waals surface area (Å²) in [5.74, 6) is 0. The SMILES string of the molecule is CCCCCCCCCCCCCCCCCCNC(=O)OCC(CNC)OC. The number of hydrogen-bond acceptors (Lipinski definition) is 4. The molecule has 0 aromatic carbocycles. The van der Waals surface area contributed by atoms with E-state index in [0.29, 0.717) is 13.1 Å². The molecule has 1 atom stereocenters. The Morgan fingerprint density at radius 2 is 1.21 bits per heavy atom. The third-order valence-corrected chi connectivity index (χ3v) is 5.47. The molecule has 0 aliphatic rings. The summed E-state index contributed by atoms with van der Waals surface area (Å²) in [6.07, 6.45) is 21.3. The maximum absolute atomic E-state index is 11.6. The van der Waals surface area contributed by atoms with Gasteiger partial charge < -0.3 is 20.1 Å². The largest absolute Gasteiger partial charge is 0.447 e. The molecule has 1 amide bonds. The van der Waals surface area contributed by atoms with Gasteiger partial charge in [0.05, 0.1) is 0 Å². The Balaban J connectivity index is 3.21. The Bertz CT molecular complexity index is 340. The molecule has 0 aliphatic heterocycles. The van der Waals surface area contributed by atoms with Gasteiger partial charge in [0.2, 0.25) is 0 Å². The van der Waals surface area contributed by atoms with E-state index < -0.39 is 0 Å². The second kappa shape index (κ2) is 23.5. The standard InChI is InChI=1S/C24H50N2O3/c1-4-5-6-7-8-9-10-11-12-13-14-15-16-17-18-19-20-26-24(27)29-22-23(28-3)21-25-2/h23,25H,4-22H2,1-3H3,(H,26,27). The lowest BCUT2D eigenvalue weighted by atomic mass is 10.0. The predicted molar refractivity (Wildman–Crippen MR) is 124 cm³/mol. The number of amides is 1. The average Bonchev–Trinajstić information content (AvgIpc) is 2.73. The van der Waals surface area contributed by atoms with Gasteiger partial charge in [-0.15, -0.1) is 0 Å². The molecule has 174 valence electrons. The average molecular weight is 415 g/mol. The number of carbonyl (C=O) groups excluding carboxylic acids is 1. The van der Waals surface area contributed by atoms with Gasteiger partial charge in [-0.1, -0.05) is 103 Å². The lowest BCUT2D eigenvalue weighted by Crippen LogP contribution is -2.34. The summed E-state index contributed by atoms with van der Waals surface area (Å²) in [6.45, 7) is 3.92. The minimum absolute atomic E-state index is 0.0960. The van der Waals surface area contributed by atoms with Gasteiger partial charge in [-0.2, -0.15) is 0 Å². The van der Waals surface area contributed by atoms with Crippen LogP contribution in [0.1, 0.15) is 110 Å². The number of nitrogens with one attached hydrogen (secondary N) is 2. The Hall–Kier alpha value is -0.810. The maximum atomic E-state index is 11.6. The van der Waals surface area contributed by atoms with Crippen molar-refractivity contribution in [3.05, 3.63) is 0 Å². The molecule has 1 unspecified atom stereocenters. The minimum Gasteiger partial charge on any atom is -0.447 e. The van der Waals surface area contributed by atoms with Crippen molar-refractivity contribution >= 4 is 6.09 Å². The second-order valence-electron chi connectivity index (χ2n) is 8.24. The molecule has 0 aliphatic carbocycles. The quantitative estimate of drug-likeness (QED) is 0.207. The number of methoxy groups -OCH3 is 1. The second-order valence-corrected chi connectivity index (χ2v) is 8.24. The molecule has 2 N–H and O–H groups in total. The number of rotatable bonds is 22. The summed E-state index contributed by atoms with van der Waals surface area (Å²) in [7, 11) is 3.48. The zero-order valence-electron chi connectivity index (χ0n) is 19.7. The maximum Gasteiger partial charge on any atom is 0.407 e. The van der Waals surface area contributed by atoms with E-state index in [0.717, 1.165) is 6.42 Å². The zero-order valence-corrected chi connectivity index (χ0v) is 19.7. The van der Waals surface area contributed by atoms with Crippen molar-refractivity contribution in [3.8, 4) is 0 Å². The van der Waals surface area contributed by atoms with Crippen molar-refractivity contribution in [3.63, 3.8) is 0 Å². The van der Waals surface area contributed by atoms with Crippen LogP contribution in [-0.4, -0.2) is 46.1 Å². The van der Waals surface area contributed by atoms with Gasteiger partial charge in [0, 0.05) is 20.2 Å². The minimum atomic E-state index is -0.343. The van der Waals surface area contributed by atoms with Crippen LogP contribution in [-0.2, 0) is 9.47 Å². The van der Waals surface area contributed by atoms with E-state index in [1.165, 1.54) is 96.3 Å². The third kappa shape index (κ3) is 21.7. The van der Waals surface area contributed by atoms with Gasteiger partial charge in [0.1, 0.15) is 12.7 Å². The van der Waals surface area contributed by atoms with Gasteiger partial charge >= 0.3 is 6.09 Å². The van der Waals surface area contributed by atoms with E-state index in [4.69, 9.17) is 9.47 Å². The Morgan fingerprint density at radius 3 is 1.62 bits per heavy atom. The van der Waals surface area contributed by atoms with Crippen molar-refractivity contribution in [1.82, 2.24) is 10.6 Å². The van der Waals surface area contributed by atoms with E-state index in [-0.39, 0.29) is 18.8 Å². The monoisotopic (exact) mass is 414 g/mol. The Kier molecular flexibility index (Phi) is 22.8. The van der Waals surface area contributed by atoms with Crippen LogP contribution >= 0.6 is 0 Å². The van der Waals surface area contributed by atoms with E-state index in [9.17, 15) is 4.79 Å². The number of unbranched alkanes of at least 4 members (excludes halogenated alkanes) is 15. The number of likely N-dealkylation sites (N-methyl/N-ethyl adjacent to an activating group) is 1. The molecule has 0 heterocycles. The van der Waals surface area contributed by atoms with Crippen molar-refractivity contribution in [2.75, 3.05) is 33.9 Å². The molecule has 0 fully saturated rings. The molecule has 0 saturated heterocycles. The lowest BCUT2D eigenvalue weighted by molar-refractivity contribution is 0.0366. The highest BCUT2D eigenvalue weighted by Crippen LogP contribution is 2.13. The van der Waals surface area contributed by atoms with Crippen LogP contribution in [0.3, 0.4) is 0 Å². The van der Waals surface area contributed by atoms with Crippen LogP contribution in [0.2, 0.25) is 0 Å². The molecule has 0 radical (unpaired) electrons. The van der Waals surface area contributed by atoms with Crippen molar-refractivity contribution in [2.45, 2.75) is 116 Å². The molecule has 0 rings (SSSR count). The summed E-state index contributed by atoms with van der Waals surface area (Å²) < 4.78 is 10.4. The zero-order chi connectivity index (χ0) is 21.4. The number of ether oxygens (including phenoxy) is 2. The topological polar surface area (TPSA) is 59.6 Å². The Labute approximate surface area is 181 Å². The molecule has 0 aromatic rings. The molecule has 0 saturated carbocycles. The molecule has 5 heteroatoms. The fraction of sp³-hybridized carbons (Fsp3) is 0.958. The highest BCUT2D eigenvalue weighted by Gasteiger charge is 2.09.